The summed E-state index contributed by atoms with van der Waals surface area (Å²) >= 11 is 12.5. The molecule has 0 saturated heterocycles. The lowest BCUT2D eigenvalue weighted by molar-refractivity contribution is -0.121. The zero-order valence-electron chi connectivity index (χ0n) is 18.7. The standard InChI is InChI=1S/C25H26Cl2N2O3S/c1-18-9-12-21(13-10-18)33(31,32)29(23-15-20(26)11-14-22(23)27)17-24(30)28-25(2,3)16-19-7-5-4-6-8-19/h4-15H,16-17H2,1-3H3,(H,28,30). The van der Waals surface area contributed by atoms with Crippen LogP contribution in [0.4, 0.5) is 5.69 Å². The van der Waals surface area contributed by atoms with E-state index in [9.17, 15) is 13.2 Å². The second kappa shape index (κ2) is 10.2. The third kappa shape index (κ3) is 6.50. The molecule has 8 heteroatoms. The van der Waals surface area contributed by atoms with Crippen LogP contribution in [0.25, 0.3) is 0 Å². The summed E-state index contributed by atoms with van der Waals surface area (Å²) in [5, 5.41) is 3.43. The predicted molar refractivity (Wildman–Crippen MR) is 135 cm³/mol. The summed E-state index contributed by atoms with van der Waals surface area (Å²) in [6.07, 6.45) is 0.586. The molecular weight excluding hydrogens is 479 g/mol. The molecule has 0 fully saturated rings. The Balaban J connectivity index is 1.92. The van der Waals surface area contributed by atoms with E-state index in [1.165, 1.54) is 24.3 Å². The quantitative estimate of drug-likeness (QED) is 0.431. The van der Waals surface area contributed by atoms with E-state index in [0.29, 0.717) is 11.4 Å². The molecule has 0 heterocycles. The molecule has 1 N–H and O–H groups in total. The number of carbonyl (C=O) groups excluding carboxylic acids is 1. The average molecular weight is 505 g/mol. The van der Waals surface area contributed by atoms with E-state index in [-0.39, 0.29) is 15.6 Å². The molecule has 0 aromatic heterocycles. The zero-order chi connectivity index (χ0) is 24.2. The summed E-state index contributed by atoms with van der Waals surface area (Å²) in [6, 6.07) is 20.7. The van der Waals surface area contributed by atoms with Crippen LogP contribution < -0.4 is 9.62 Å². The van der Waals surface area contributed by atoms with Crippen LogP contribution in [-0.2, 0) is 21.2 Å². The molecule has 0 aliphatic heterocycles. The molecule has 0 bridgehead atoms. The highest BCUT2D eigenvalue weighted by molar-refractivity contribution is 7.92. The van der Waals surface area contributed by atoms with Gasteiger partial charge in [-0.25, -0.2) is 8.42 Å². The molecule has 174 valence electrons. The summed E-state index contributed by atoms with van der Waals surface area (Å²) in [5.74, 6) is -0.456. The molecular formula is C25H26Cl2N2O3S. The number of hydrogen-bond acceptors (Lipinski definition) is 3. The Morgan fingerprint density at radius 2 is 1.61 bits per heavy atom. The number of aryl methyl sites for hydroxylation is 1. The first kappa shape index (κ1) is 25.1. The van der Waals surface area contributed by atoms with Gasteiger partial charge in [-0.05, 0) is 63.1 Å². The highest BCUT2D eigenvalue weighted by atomic mass is 35.5. The van der Waals surface area contributed by atoms with Gasteiger partial charge in [-0.3, -0.25) is 9.10 Å². The van der Waals surface area contributed by atoms with E-state index in [1.807, 2.05) is 51.1 Å². The summed E-state index contributed by atoms with van der Waals surface area (Å²) in [4.78, 5) is 13.1. The Morgan fingerprint density at radius 3 is 2.24 bits per heavy atom. The summed E-state index contributed by atoms with van der Waals surface area (Å²) in [7, 11) is -4.09. The van der Waals surface area contributed by atoms with Crippen molar-refractivity contribution in [2.75, 3.05) is 10.8 Å². The smallest absolute Gasteiger partial charge is 0.264 e. The molecule has 0 radical (unpaired) electrons. The van der Waals surface area contributed by atoms with Gasteiger partial charge in [0, 0.05) is 10.6 Å². The number of amides is 1. The van der Waals surface area contributed by atoms with Gasteiger partial charge in [0.25, 0.3) is 10.0 Å². The lowest BCUT2D eigenvalue weighted by Crippen LogP contribution is -2.50. The van der Waals surface area contributed by atoms with E-state index in [1.54, 1.807) is 18.2 Å². The third-order valence-corrected chi connectivity index (χ3v) is 7.37. The molecule has 3 rings (SSSR count). The van der Waals surface area contributed by atoms with Crippen molar-refractivity contribution in [2.24, 2.45) is 0 Å². The van der Waals surface area contributed by atoms with Crippen molar-refractivity contribution in [1.29, 1.82) is 0 Å². The van der Waals surface area contributed by atoms with Crippen LogP contribution in [0.5, 0.6) is 0 Å². The Morgan fingerprint density at radius 1 is 0.970 bits per heavy atom. The highest BCUT2D eigenvalue weighted by Crippen LogP contribution is 2.33. The fraction of sp³-hybridized carbons (Fsp3) is 0.240. The highest BCUT2D eigenvalue weighted by Gasteiger charge is 2.31. The molecule has 3 aromatic rings. The summed E-state index contributed by atoms with van der Waals surface area (Å²) in [5.41, 5.74) is 1.52. The van der Waals surface area contributed by atoms with Gasteiger partial charge in [0.05, 0.1) is 15.6 Å². The van der Waals surface area contributed by atoms with E-state index < -0.39 is 28.0 Å². The SMILES string of the molecule is Cc1ccc(S(=O)(=O)N(CC(=O)NC(C)(C)Cc2ccccc2)c2cc(Cl)ccc2Cl)cc1. The maximum absolute atomic E-state index is 13.5. The van der Waals surface area contributed by atoms with Crippen molar-refractivity contribution in [3.05, 3.63) is 94.0 Å². The maximum Gasteiger partial charge on any atom is 0.264 e. The Bertz CT molecular complexity index is 1230. The van der Waals surface area contributed by atoms with E-state index in [2.05, 4.69) is 5.32 Å². The molecule has 0 aliphatic carbocycles. The van der Waals surface area contributed by atoms with Crippen LogP contribution >= 0.6 is 23.2 Å². The maximum atomic E-state index is 13.5. The summed E-state index contributed by atoms with van der Waals surface area (Å²) < 4.78 is 28.1. The van der Waals surface area contributed by atoms with Gasteiger partial charge in [0.15, 0.2) is 0 Å². The number of anilines is 1. The first-order valence-corrected chi connectivity index (χ1v) is 12.6. The number of halogens is 2. The lowest BCUT2D eigenvalue weighted by atomic mass is 9.95. The van der Waals surface area contributed by atoms with Gasteiger partial charge in [0.2, 0.25) is 5.91 Å². The summed E-state index contributed by atoms with van der Waals surface area (Å²) in [6.45, 7) is 5.20. The second-order valence-electron chi connectivity index (χ2n) is 8.51. The van der Waals surface area contributed by atoms with Crippen molar-refractivity contribution in [3.8, 4) is 0 Å². The van der Waals surface area contributed by atoms with E-state index in [0.717, 1.165) is 15.4 Å². The van der Waals surface area contributed by atoms with Gasteiger partial charge in [-0.1, -0.05) is 71.2 Å². The van der Waals surface area contributed by atoms with Crippen LogP contribution in [0.1, 0.15) is 25.0 Å². The molecule has 0 saturated carbocycles. The zero-order valence-corrected chi connectivity index (χ0v) is 21.0. The lowest BCUT2D eigenvalue weighted by Gasteiger charge is -2.30. The largest absolute Gasteiger partial charge is 0.349 e. The molecule has 33 heavy (non-hydrogen) atoms. The van der Waals surface area contributed by atoms with Crippen LogP contribution in [0.3, 0.4) is 0 Å². The molecule has 1 amide bonds. The average Bonchev–Trinajstić information content (AvgIpc) is 2.74. The van der Waals surface area contributed by atoms with E-state index in [4.69, 9.17) is 23.2 Å². The van der Waals surface area contributed by atoms with Gasteiger partial charge in [-0.15, -0.1) is 0 Å². The fourth-order valence-electron chi connectivity index (χ4n) is 3.51. The molecule has 5 nitrogen and oxygen atoms in total. The van der Waals surface area contributed by atoms with Crippen molar-refractivity contribution in [1.82, 2.24) is 5.32 Å². The molecule has 3 aromatic carbocycles. The first-order chi connectivity index (χ1) is 15.5. The van der Waals surface area contributed by atoms with Crippen molar-refractivity contribution in [2.45, 2.75) is 37.6 Å². The first-order valence-electron chi connectivity index (χ1n) is 10.4. The van der Waals surface area contributed by atoms with Gasteiger partial charge >= 0.3 is 0 Å². The van der Waals surface area contributed by atoms with Crippen LogP contribution in [0.15, 0.2) is 77.7 Å². The van der Waals surface area contributed by atoms with Crippen molar-refractivity contribution >= 4 is 44.8 Å². The Labute approximate surface area is 205 Å². The van der Waals surface area contributed by atoms with Gasteiger partial charge < -0.3 is 5.32 Å². The Kier molecular flexibility index (Phi) is 7.73. The van der Waals surface area contributed by atoms with Crippen LogP contribution in [-0.4, -0.2) is 26.4 Å². The topological polar surface area (TPSA) is 66.5 Å². The van der Waals surface area contributed by atoms with E-state index >= 15 is 0 Å². The second-order valence-corrected chi connectivity index (χ2v) is 11.2. The van der Waals surface area contributed by atoms with Crippen LogP contribution in [0.2, 0.25) is 10.0 Å². The van der Waals surface area contributed by atoms with Gasteiger partial charge in [-0.2, -0.15) is 0 Å². The van der Waals surface area contributed by atoms with Crippen molar-refractivity contribution < 1.29 is 13.2 Å². The minimum atomic E-state index is -4.09. The number of benzene rings is 3. The molecule has 0 unspecified atom stereocenters. The van der Waals surface area contributed by atoms with Crippen molar-refractivity contribution in [3.63, 3.8) is 0 Å². The molecule has 0 spiro atoms. The minimum absolute atomic E-state index is 0.0560. The monoisotopic (exact) mass is 504 g/mol. The predicted octanol–water partition coefficient (Wildman–Crippen LogP) is 5.63. The number of carbonyl (C=O) groups is 1. The van der Waals surface area contributed by atoms with Gasteiger partial charge in [0.1, 0.15) is 6.54 Å². The number of hydrogen-bond donors (Lipinski definition) is 1. The number of nitrogens with zero attached hydrogens (tertiary/aromatic N) is 1. The minimum Gasteiger partial charge on any atom is -0.349 e. The third-order valence-electron chi connectivity index (χ3n) is 5.04. The number of nitrogens with one attached hydrogen (secondary N) is 1. The number of rotatable bonds is 8. The number of sulfonamides is 1. The normalized spacial score (nSPS) is 11.8. The molecule has 0 atom stereocenters. The van der Waals surface area contributed by atoms with Crippen LogP contribution in [0, 0.1) is 6.92 Å². The Hall–Kier alpha value is -2.54. The fourth-order valence-corrected chi connectivity index (χ4v) is 5.38. The molecule has 0 aliphatic rings.